The molecule has 4 rings (SSSR count). The molecule has 3 aromatic rings. The van der Waals surface area contributed by atoms with E-state index in [1.54, 1.807) is 28.5 Å². The number of benzene rings is 1. The highest BCUT2D eigenvalue weighted by Gasteiger charge is 2.29. The first kappa shape index (κ1) is 20.6. The number of aromatic nitrogens is 4. The minimum atomic E-state index is -0.553. The number of halogens is 1. The van der Waals surface area contributed by atoms with E-state index in [9.17, 15) is 19.3 Å². The zero-order valence-corrected chi connectivity index (χ0v) is 16.9. The average molecular weight is 428 g/mol. The van der Waals surface area contributed by atoms with E-state index >= 15 is 0 Å². The molecule has 1 fully saturated rings. The van der Waals surface area contributed by atoms with Gasteiger partial charge in [-0.05, 0) is 34.9 Å². The first-order chi connectivity index (χ1) is 14.9. The van der Waals surface area contributed by atoms with Gasteiger partial charge in [0.05, 0.1) is 5.92 Å². The molecule has 11 heteroatoms. The van der Waals surface area contributed by atoms with Gasteiger partial charge in [0.15, 0.2) is 0 Å². The monoisotopic (exact) mass is 428 g/mol. The van der Waals surface area contributed by atoms with E-state index in [4.69, 9.17) is 4.52 Å². The first-order valence-electron chi connectivity index (χ1n) is 9.96. The Labute approximate surface area is 176 Å². The molecule has 1 aliphatic heterocycles. The molecule has 3 heterocycles. The van der Waals surface area contributed by atoms with E-state index in [1.165, 1.54) is 18.3 Å². The molecule has 2 aromatic heterocycles. The number of rotatable bonds is 6. The van der Waals surface area contributed by atoms with Crippen LogP contribution in [0.5, 0.6) is 0 Å². The van der Waals surface area contributed by atoms with Crippen LogP contribution >= 0.6 is 0 Å². The van der Waals surface area contributed by atoms with E-state index in [0.29, 0.717) is 42.7 Å². The minimum absolute atomic E-state index is 0.0506. The van der Waals surface area contributed by atoms with Crippen molar-refractivity contribution in [1.29, 1.82) is 0 Å². The number of hydrogen-bond acceptors (Lipinski definition) is 7. The van der Waals surface area contributed by atoms with Crippen LogP contribution in [0.4, 0.5) is 10.2 Å². The molecule has 10 nitrogen and oxygen atoms in total. The summed E-state index contributed by atoms with van der Waals surface area (Å²) in [6, 6.07) is 5.97. The molecule has 1 unspecified atom stereocenters. The van der Waals surface area contributed by atoms with Crippen molar-refractivity contribution in [3.63, 3.8) is 0 Å². The molecule has 0 spiro atoms. The Morgan fingerprint density at radius 2 is 2.23 bits per heavy atom. The molecule has 0 radical (unpaired) electrons. The zero-order chi connectivity index (χ0) is 22.0. The first-order valence-corrected chi connectivity index (χ1v) is 9.96. The van der Waals surface area contributed by atoms with Gasteiger partial charge < -0.3 is 24.1 Å². The van der Waals surface area contributed by atoms with E-state index < -0.39 is 4.92 Å². The molecule has 0 N–H and O–H groups in total. The molecule has 1 atom stereocenters. The van der Waals surface area contributed by atoms with Crippen LogP contribution in [0.2, 0.25) is 0 Å². The van der Waals surface area contributed by atoms with Crippen molar-refractivity contribution in [2.24, 2.45) is 0 Å². The molecule has 1 aliphatic rings. The second-order valence-electron chi connectivity index (χ2n) is 7.49. The second kappa shape index (κ2) is 8.62. The van der Waals surface area contributed by atoms with Crippen LogP contribution in [0.1, 0.15) is 36.9 Å². The number of carbonyl (C=O) groups is 1. The van der Waals surface area contributed by atoms with Crippen molar-refractivity contribution in [2.45, 2.75) is 38.6 Å². The number of carbonyl (C=O) groups excluding carboxylic acids is 1. The predicted molar refractivity (Wildman–Crippen MR) is 106 cm³/mol. The lowest BCUT2D eigenvalue weighted by Crippen LogP contribution is -2.39. The molecule has 0 aliphatic carbocycles. The lowest BCUT2D eigenvalue weighted by Gasteiger charge is -2.31. The number of imidazole rings is 1. The van der Waals surface area contributed by atoms with Gasteiger partial charge >= 0.3 is 5.82 Å². The molecular weight excluding hydrogens is 407 g/mol. The van der Waals surface area contributed by atoms with Crippen molar-refractivity contribution >= 4 is 11.7 Å². The molecule has 1 aromatic carbocycles. The minimum Gasteiger partial charge on any atom is -0.358 e. The van der Waals surface area contributed by atoms with Gasteiger partial charge in [-0.15, -0.1) is 0 Å². The Morgan fingerprint density at radius 1 is 1.39 bits per heavy atom. The Morgan fingerprint density at radius 3 is 2.97 bits per heavy atom. The predicted octanol–water partition coefficient (Wildman–Crippen LogP) is 3.09. The van der Waals surface area contributed by atoms with E-state index in [1.807, 2.05) is 0 Å². The van der Waals surface area contributed by atoms with E-state index in [0.717, 1.165) is 12.8 Å². The average Bonchev–Trinajstić information content (AvgIpc) is 3.39. The fourth-order valence-corrected chi connectivity index (χ4v) is 3.73. The maximum absolute atomic E-state index is 13.4. The van der Waals surface area contributed by atoms with E-state index in [2.05, 4.69) is 15.1 Å². The van der Waals surface area contributed by atoms with Crippen molar-refractivity contribution in [3.8, 4) is 11.4 Å². The Balaban J connectivity index is 1.38. The van der Waals surface area contributed by atoms with Crippen LogP contribution < -0.4 is 0 Å². The number of amides is 1. The molecule has 31 heavy (non-hydrogen) atoms. The smallest absolute Gasteiger partial charge is 0.358 e. The summed E-state index contributed by atoms with van der Waals surface area (Å²) in [6.07, 6.45) is 3.15. The quantitative estimate of drug-likeness (QED) is 0.437. The van der Waals surface area contributed by atoms with Gasteiger partial charge in [0.2, 0.25) is 23.4 Å². The summed E-state index contributed by atoms with van der Waals surface area (Å²) in [7, 11) is 0. The van der Waals surface area contributed by atoms with Crippen molar-refractivity contribution < 1.29 is 18.6 Å². The number of nitro groups is 1. The highest BCUT2D eigenvalue weighted by Crippen LogP contribution is 2.28. The number of likely N-dealkylation sites (tertiary alicyclic amines) is 1. The fourth-order valence-electron chi connectivity index (χ4n) is 3.73. The van der Waals surface area contributed by atoms with Gasteiger partial charge in [-0.3, -0.25) is 4.79 Å². The lowest BCUT2D eigenvalue weighted by molar-refractivity contribution is -0.389. The standard InChI is InChI=1S/C20H21FN6O4/c1-13-22-17(27(29)30)12-25(13)9-7-18(28)26-8-3-5-15(11-26)20-23-19(24-31-20)14-4-2-6-16(21)10-14/h2,4,6,10,12,15H,3,5,7-9,11H2,1H3. The zero-order valence-electron chi connectivity index (χ0n) is 16.9. The van der Waals surface area contributed by atoms with Crippen molar-refractivity contribution in [1.82, 2.24) is 24.6 Å². The van der Waals surface area contributed by atoms with Crippen LogP contribution in [-0.2, 0) is 11.3 Å². The van der Waals surface area contributed by atoms with Crippen LogP contribution in [0.25, 0.3) is 11.4 Å². The van der Waals surface area contributed by atoms with Gasteiger partial charge in [0, 0.05) is 38.5 Å². The van der Waals surface area contributed by atoms with Gasteiger partial charge in [-0.25, -0.2) is 4.39 Å². The Kier molecular flexibility index (Phi) is 5.74. The van der Waals surface area contributed by atoms with Crippen LogP contribution in [0.15, 0.2) is 35.0 Å². The third kappa shape index (κ3) is 4.60. The second-order valence-corrected chi connectivity index (χ2v) is 7.49. The fraction of sp³-hybridized carbons (Fsp3) is 0.400. The number of hydrogen-bond donors (Lipinski definition) is 0. The molecule has 1 saturated heterocycles. The number of aryl methyl sites for hydroxylation is 2. The topological polar surface area (TPSA) is 120 Å². The SMILES string of the molecule is Cc1nc([N+](=O)[O-])cn1CCC(=O)N1CCCC(c2nc(-c3cccc(F)c3)no2)C1. The summed E-state index contributed by atoms with van der Waals surface area (Å²) >= 11 is 0. The summed E-state index contributed by atoms with van der Waals surface area (Å²) in [4.78, 5) is 33.0. The highest BCUT2D eigenvalue weighted by molar-refractivity contribution is 5.76. The van der Waals surface area contributed by atoms with Crippen LogP contribution in [0, 0.1) is 22.9 Å². The molecule has 0 saturated carbocycles. The summed E-state index contributed by atoms with van der Waals surface area (Å²) in [5.74, 6) is 0.485. The van der Waals surface area contributed by atoms with Crippen molar-refractivity contribution in [3.05, 3.63) is 58.1 Å². The summed E-state index contributed by atoms with van der Waals surface area (Å²) < 4.78 is 20.5. The van der Waals surface area contributed by atoms with Gasteiger partial charge in [-0.2, -0.15) is 4.98 Å². The lowest BCUT2D eigenvalue weighted by atomic mass is 9.97. The maximum atomic E-state index is 13.4. The van der Waals surface area contributed by atoms with Crippen LogP contribution in [0.3, 0.4) is 0 Å². The van der Waals surface area contributed by atoms with Gasteiger partial charge in [-0.1, -0.05) is 17.3 Å². The highest BCUT2D eigenvalue weighted by atomic mass is 19.1. The maximum Gasteiger partial charge on any atom is 0.381 e. The summed E-state index contributed by atoms with van der Waals surface area (Å²) in [6.45, 7) is 3.06. The summed E-state index contributed by atoms with van der Waals surface area (Å²) in [5.41, 5.74) is 0.531. The summed E-state index contributed by atoms with van der Waals surface area (Å²) in [5, 5.41) is 14.8. The number of nitrogens with zero attached hydrogens (tertiary/aromatic N) is 6. The van der Waals surface area contributed by atoms with E-state index in [-0.39, 0.29) is 29.9 Å². The third-order valence-corrected chi connectivity index (χ3v) is 5.36. The molecular formula is C20H21FN6O4. The Hall–Kier alpha value is -3.63. The van der Waals surface area contributed by atoms with Gasteiger partial charge in [0.25, 0.3) is 0 Å². The van der Waals surface area contributed by atoms with Crippen molar-refractivity contribution in [2.75, 3.05) is 13.1 Å². The largest absolute Gasteiger partial charge is 0.381 e. The molecule has 1 amide bonds. The van der Waals surface area contributed by atoms with Crippen LogP contribution in [-0.4, -0.2) is 48.5 Å². The third-order valence-electron chi connectivity index (χ3n) is 5.36. The Bertz CT molecular complexity index is 1110. The molecule has 0 bridgehead atoms. The number of piperidine rings is 1. The van der Waals surface area contributed by atoms with Gasteiger partial charge in [0.1, 0.15) is 12.0 Å². The molecule has 162 valence electrons. The normalized spacial score (nSPS) is 16.5.